The van der Waals surface area contributed by atoms with Crippen LogP contribution in [0.4, 0.5) is 17.5 Å². The van der Waals surface area contributed by atoms with E-state index in [4.69, 9.17) is 4.74 Å². The highest BCUT2D eigenvalue weighted by molar-refractivity contribution is 5.58. The summed E-state index contributed by atoms with van der Waals surface area (Å²) in [5.41, 5.74) is 1.89. The Labute approximate surface area is 132 Å². The average Bonchev–Trinajstić information content (AvgIpc) is 2.46. The second-order valence-electron chi connectivity index (χ2n) is 5.46. The number of nitrogens with zero attached hydrogens (tertiary/aromatic N) is 2. The summed E-state index contributed by atoms with van der Waals surface area (Å²) in [5.74, 6) is 2.30. The van der Waals surface area contributed by atoms with Gasteiger partial charge in [0.1, 0.15) is 11.6 Å². The van der Waals surface area contributed by atoms with E-state index in [1.54, 1.807) is 0 Å². The topological polar surface area (TPSA) is 59.1 Å². The van der Waals surface area contributed by atoms with Crippen molar-refractivity contribution < 1.29 is 4.74 Å². The predicted octanol–water partition coefficient (Wildman–Crippen LogP) is 4.14. The number of aryl methyl sites for hydroxylation is 1. The molecule has 0 amide bonds. The van der Waals surface area contributed by atoms with Gasteiger partial charge in [-0.2, -0.15) is 4.98 Å². The average molecular weight is 300 g/mol. The quantitative estimate of drug-likeness (QED) is 0.805. The summed E-state index contributed by atoms with van der Waals surface area (Å²) in [6.45, 7) is 8.97. The molecule has 0 unspecified atom stereocenters. The van der Waals surface area contributed by atoms with Gasteiger partial charge in [-0.1, -0.05) is 6.92 Å². The fraction of sp³-hybridized carbons (Fsp3) is 0.412. The summed E-state index contributed by atoms with van der Waals surface area (Å²) in [4.78, 5) is 8.85. The maximum absolute atomic E-state index is 5.64. The molecule has 118 valence electrons. The molecule has 22 heavy (non-hydrogen) atoms. The van der Waals surface area contributed by atoms with E-state index in [1.165, 1.54) is 0 Å². The Morgan fingerprint density at radius 3 is 2.50 bits per heavy atom. The molecule has 2 rings (SSSR count). The van der Waals surface area contributed by atoms with Gasteiger partial charge in [-0.3, -0.25) is 0 Å². The van der Waals surface area contributed by atoms with Crippen LogP contribution >= 0.6 is 0 Å². The molecule has 0 radical (unpaired) electrons. The lowest BCUT2D eigenvalue weighted by Crippen LogP contribution is -2.07. The van der Waals surface area contributed by atoms with Crippen LogP contribution in [0.3, 0.4) is 0 Å². The number of aromatic nitrogens is 2. The maximum atomic E-state index is 5.64. The van der Waals surface area contributed by atoms with Crippen molar-refractivity contribution in [2.24, 2.45) is 0 Å². The largest absolute Gasteiger partial charge is 0.491 e. The first-order chi connectivity index (χ1) is 10.6. The molecule has 0 aliphatic carbocycles. The molecule has 0 saturated carbocycles. The third kappa shape index (κ3) is 4.91. The van der Waals surface area contributed by atoms with Crippen molar-refractivity contribution in [3.63, 3.8) is 0 Å². The second kappa shape index (κ2) is 7.64. The number of ether oxygens (including phenoxy) is 1. The molecule has 1 heterocycles. The van der Waals surface area contributed by atoms with Crippen LogP contribution in [-0.2, 0) is 0 Å². The van der Waals surface area contributed by atoms with Crippen LogP contribution in [0.2, 0.25) is 0 Å². The van der Waals surface area contributed by atoms with Crippen molar-refractivity contribution >= 4 is 17.5 Å². The van der Waals surface area contributed by atoms with Crippen LogP contribution in [-0.4, -0.2) is 22.6 Å². The summed E-state index contributed by atoms with van der Waals surface area (Å²) < 4.78 is 5.64. The van der Waals surface area contributed by atoms with Crippen LogP contribution in [0.25, 0.3) is 0 Å². The summed E-state index contributed by atoms with van der Waals surface area (Å²) in [6.07, 6.45) is 1.22. The smallest absolute Gasteiger partial charge is 0.224 e. The SMILES string of the molecule is CCCNc1nc(C)cc(Nc2ccc(OC(C)C)cc2)n1. The molecule has 1 aromatic carbocycles. The van der Waals surface area contributed by atoms with Crippen LogP contribution in [0.5, 0.6) is 5.75 Å². The normalized spacial score (nSPS) is 10.6. The molecule has 5 heteroatoms. The summed E-state index contributed by atoms with van der Waals surface area (Å²) >= 11 is 0. The molecule has 0 aliphatic rings. The van der Waals surface area contributed by atoms with Gasteiger partial charge >= 0.3 is 0 Å². The van der Waals surface area contributed by atoms with Crippen LogP contribution < -0.4 is 15.4 Å². The Morgan fingerprint density at radius 1 is 1.14 bits per heavy atom. The molecule has 0 atom stereocenters. The molecular weight excluding hydrogens is 276 g/mol. The summed E-state index contributed by atoms with van der Waals surface area (Å²) in [6, 6.07) is 9.79. The first-order valence-corrected chi connectivity index (χ1v) is 7.70. The van der Waals surface area contributed by atoms with Gasteiger partial charge in [-0.05, 0) is 51.5 Å². The fourth-order valence-electron chi connectivity index (χ4n) is 1.99. The maximum Gasteiger partial charge on any atom is 0.224 e. The zero-order valence-corrected chi connectivity index (χ0v) is 13.7. The van der Waals surface area contributed by atoms with Gasteiger partial charge in [-0.25, -0.2) is 4.98 Å². The Hall–Kier alpha value is -2.30. The minimum Gasteiger partial charge on any atom is -0.491 e. The van der Waals surface area contributed by atoms with Crippen molar-refractivity contribution in [2.45, 2.75) is 40.2 Å². The Morgan fingerprint density at radius 2 is 1.86 bits per heavy atom. The second-order valence-corrected chi connectivity index (χ2v) is 5.46. The highest BCUT2D eigenvalue weighted by Crippen LogP contribution is 2.20. The zero-order valence-electron chi connectivity index (χ0n) is 13.7. The molecule has 0 aliphatic heterocycles. The monoisotopic (exact) mass is 300 g/mol. The number of rotatable bonds is 7. The third-order valence-electron chi connectivity index (χ3n) is 2.89. The Bertz CT molecular complexity index is 596. The number of benzene rings is 1. The van der Waals surface area contributed by atoms with Gasteiger partial charge in [0.2, 0.25) is 5.95 Å². The van der Waals surface area contributed by atoms with Gasteiger partial charge in [0.05, 0.1) is 6.10 Å². The van der Waals surface area contributed by atoms with Crippen LogP contribution in [0, 0.1) is 6.92 Å². The lowest BCUT2D eigenvalue weighted by molar-refractivity contribution is 0.242. The molecular formula is C17H24N4O. The van der Waals surface area contributed by atoms with Crippen LogP contribution in [0.1, 0.15) is 32.9 Å². The molecule has 0 fully saturated rings. The zero-order chi connectivity index (χ0) is 15.9. The van der Waals surface area contributed by atoms with Crippen molar-refractivity contribution in [1.29, 1.82) is 0 Å². The van der Waals surface area contributed by atoms with Crippen molar-refractivity contribution in [3.05, 3.63) is 36.0 Å². The summed E-state index contributed by atoms with van der Waals surface area (Å²) in [7, 11) is 0. The molecule has 0 bridgehead atoms. The minimum atomic E-state index is 0.176. The molecule has 2 aromatic rings. The van der Waals surface area contributed by atoms with E-state index in [9.17, 15) is 0 Å². The van der Waals surface area contributed by atoms with E-state index in [-0.39, 0.29) is 6.10 Å². The molecule has 2 N–H and O–H groups in total. The Balaban J connectivity index is 2.07. The van der Waals surface area contributed by atoms with E-state index >= 15 is 0 Å². The highest BCUT2D eigenvalue weighted by atomic mass is 16.5. The highest BCUT2D eigenvalue weighted by Gasteiger charge is 2.03. The minimum absolute atomic E-state index is 0.176. The van der Waals surface area contributed by atoms with E-state index in [0.717, 1.165) is 35.9 Å². The number of nitrogens with one attached hydrogen (secondary N) is 2. The van der Waals surface area contributed by atoms with Crippen molar-refractivity contribution in [1.82, 2.24) is 9.97 Å². The first-order valence-electron chi connectivity index (χ1n) is 7.70. The number of anilines is 3. The van der Waals surface area contributed by atoms with Gasteiger partial charge < -0.3 is 15.4 Å². The predicted molar refractivity (Wildman–Crippen MR) is 91.0 cm³/mol. The molecule has 5 nitrogen and oxygen atoms in total. The fourth-order valence-corrected chi connectivity index (χ4v) is 1.99. The first kappa shape index (κ1) is 16.1. The molecule has 1 aromatic heterocycles. The Kier molecular flexibility index (Phi) is 5.58. The molecule has 0 spiro atoms. The van der Waals surface area contributed by atoms with Crippen molar-refractivity contribution in [3.8, 4) is 5.75 Å². The number of hydrogen-bond acceptors (Lipinski definition) is 5. The lowest BCUT2D eigenvalue weighted by atomic mass is 10.3. The lowest BCUT2D eigenvalue weighted by Gasteiger charge is -2.12. The van der Waals surface area contributed by atoms with Gasteiger partial charge in [0.15, 0.2) is 0 Å². The van der Waals surface area contributed by atoms with Crippen LogP contribution in [0.15, 0.2) is 30.3 Å². The summed E-state index contributed by atoms with van der Waals surface area (Å²) in [5, 5.41) is 6.51. The third-order valence-corrected chi connectivity index (χ3v) is 2.89. The van der Waals surface area contributed by atoms with E-state index in [1.807, 2.05) is 51.1 Å². The number of hydrogen-bond donors (Lipinski definition) is 2. The van der Waals surface area contributed by atoms with E-state index in [2.05, 4.69) is 27.5 Å². The van der Waals surface area contributed by atoms with E-state index < -0.39 is 0 Å². The van der Waals surface area contributed by atoms with Gasteiger partial charge in [0, 0.05) is 24.0 Å². The standard InChI is InChI=1S/C17H24N4O/c1-5-10-18-17-19-13(4)11-16(21-17)20-14-6-8-15(9-7-14)22-12(2)3/h6-9,11-12H,5,10H2,1-4H3,(H2,18,19,20,21). The van der Waals surface area contributed by atoms with E-state index in [0.29, 0.717) is 5.95 Å². The molecule has 0 saturated heterocycles. The van der Waals surface area contributed by atoms with Gasteiger partial charge in [0.25, 0.3) is 0 Å². The van der Waals surface area contributed by atoms with Gasteiger partial charge in [-0.15, -0.1) is 0 Å². The van der Waals surface area contributed by atoms with Crippen molar-refractivity contribution in [2.75, 3.05) is 17.2 Å².